The Morgan fingerprint density at radius 2 is 1.71 bits per heavy atom. The van der Waals surface area contributed by atoms with E-state index in [1.807, 2.05) is 79.7 Å². The third kappa shape index (κ3) is 7.79. The first kappa shape index (κ1) is 39.1. The SMILES string of the molecule is Cc1ccc(S(=O)(=O)n2ccc3c(-c4ccc5nc(Cl)nc(C(COC6CCCCO6)(OC6CC6)c6cccc(OCc7ccccc7)c6)c5c4)cn(C)c(=O)c32)cc1. The van der Waals surface area contributed by atoms with E-state index in [9.17, 15) is 13.2 Å². The Morgan fingerprint density at radius 1 is 0.898 bits per heavy atom. The average molecular weight is 831 g/mol. The highest BCUT2D eigenvalue weighted by molar-refractivity contribution is 7.90. The molecule has 0 bridgehead atoms. The van der Waals surface area contributed by atoms with E-state index in [1.54, 1.807) is 43.6 Å². The van der Waals surface area contributed by atoms with Crippen LogP contribution in [0.5, 0.6) is 5.75 Å². The Labute approximate surface area is 347 Å². The normalized spacial score (nSPS) is 17.0. The second kappa shape index (κ2) is 16.0. The molecule has 11 nitrogen and oxygen atoms in total. The summed E-state index contributed by atoms with van der Waals surface area (Å²) in [5.74, 6) is 0.645. The fraction of sp³-hybridized carbons (Fsp3) is 0.283. The lowest BCUT2D eigenvalue weighted by Crippen LogP contribution is -2.41. The molecule has 1 saturated carbocycles. The standard InChI is InChI=1S/C46H43ClN4O7S/c1-30-14-19-36(20-15-30)59(53,54)51-23-22-37-39(27-50(2)44(52)42(37)51)32-16-21-40-38(25-32)43(49-45(47)48-40)46(58-34-17-18-34,29-57-41-13-6-7-24-55-41)33-11-8-12-35(26-33)56-28-31-9-4-3-5-10-31/h3-5,8-12,14-16,19-23,25-27,34,41H,6-7,13,17-18,24,28-29H2,1-2H3. The first-order chi connectivity index (χ1) is 28.6. The summed E-state index contributed by atoms with van der Waals surface area (Å²) in [5.41, 5.74) is 3.42. The Balaban J connectivity index is 1.21. The first-order valence-electron chi connectivity index (χ1n) is 19.8. The molecule has 3 aromatic heterocycles. The number of ether oxygens (including phenoxy) is 4. The Kier molecular flexibility index (Phi) is 10.6. The van der Waals surface area contributed by atoms with Gasteiger partial charge in [-0.15, -0.1) is 0 Å². The minimum atomic E-state index is -4.10. The zero-order chi connectivity index (χ0) is 40.7. The molecule has 1 aliphatic heterocycles. The number of hydrogen-bond donors (Lipinski definition) is 0. The molecular weight excluding hydrogens is 788 g/mol. The van der Waals surface area contributed by atoms with Crippen LogP contribution in [0.25, 0.3) is 32.9 Å². The Morgan fingerprint density at radius 3 is 2.47 bits per heavy atom. The van der Waals surface area contributed by atoms with E-state index in [-0.39, 0.29) is 28.4 Å². The van der Waals surface area contributed by atoms with Crippen LogP contribution in [-0.2, 0) is 43.5 Å². The molecule has 2 unspecified atom stereocenters. The molecule has 4 aromatic carbocycles. The van der Waals surface area contributed by atoms with Crippen molar-refractivity contribution in [2.24, 2.45) is 7.05 Å². The molecule has 13 heteroatoms. The van der Waals surface area contributed by atoms with Crippen LogP contribution in [0.15, 0.2) is 125 Å². The lowest BCUT2D eigenvalue weighted by atomic mass is 9.87. The third-order valence-electron chi connectivity index (χ3n) is 11.0. The van der Waals surface area contributed by atoms with Crippen molar-refractivity contribution in [2.45, 2.75) is 68.5 Å². The number of fused-ring (bicyclic) bond motifs is 2. The molecule has 0 N–H and O–H groups in total. The summed E-state index contributed by atoms with van der Waals surface area (Å²) in [4.78, 5) is 23.5. The summed E-state index contributed by atoms with van der Waals surface area (Å²) in [6.07, 6.45) is 7.10. The summed E-state index contributed by atoms with van der Waals surface area (Å²) < 4.78 is 56.6. The molecule has 2 fully saturated rings. The molecular formula is C46H43ClN4O7S. The van der Waals surface area contributed by atoms with Gasteiger partial charge in [0.15, 0.2) is 11.9 Å². The number of rotatable bonds is 13. The van der Waals surface area contributed by atoms with E-state index in [2.05, 4.69) is 4.98 Å². The molecule has 4 heterocycles. The van der Waals surface area contributed by atoms with E-state index >= 15 is 0 Å². The van der Waals surface area contributed by atoms with Crippen molar-refractivity contribution in [1.29, 1.82) is 0 Å². The van der Waals surface area contributed by atoms with Gasteiger partial charge in [0.1, 0.15) is 17.9 Å². The smallest absolute Gasteiger partial charge is 0.275 e. The summed E-state index contributed by atoms with van der Waals surface area (Å²) in [7, 11) is -2.49. The van der Waals surface area contributed by atoms with Crippen molar-refractivity contribution in [1.82, 2.24) is 18.5 Å². The van der Waals surface area contributed by atoms with E-state index in [0.29, 0.717) is 52.1 Å². The number of aromatic nitrogens is 4. The lowest BCUT2D eigenvalue weighted by molar-refractivity contribution is -0.197. The largest absolute Gasteiger partial charge is 0.489 e. The molecule has 0 spiro atoms. The zero-order valence-electron chi connectivity index (χ0n) is 32.7. The van der Waals surface area contributed by atoms with E-state index < -0.39 is 27.5 Å². The van der Waals surface area contributed by atoms with Crippen LogP contribution in [-0.4, -0.2) is 52.5 Å². The highest BCUT2D eigenvalue weighted by Gasteiger charge is 2.45. The van der Waals surface area contributed by atoms with Crippen molar-refractivity contribution < 1.29 is 27.4 Å². The summed E-state index contributed by atoms with van der Waals surface area (Å²) in [5, 5.41) is 1.16. The van der Waals surface area contributed by atoms with Crippen LogP contribution in [0.1, 0.15) is 54.5 Å². The molecule has 2 aliphatic rings. The number of benzene rings is 4. The predicted octanol–water partition coefficient (Wildman–Crippen LogP) is 8.69. The van der Waals surface area contributed by atoms with Crippen LogP contribution in [0, 0.1) is 6.92 Å². The van der Waals surface area contributed by atoms with Crippen molar-refractivity contribution >= 4 is 43.4 Å². The first-order valence-corrected chi connectivity index (χ1v) is 21.6. The van der Waals surface area contributed by atoms with Gasteiger partial charge >= 0.3 is 0 Å². The molecule has 1 aliphatic carbocycles. The maximum Gasteiger partial charge on any atom is 0.275 e. The maximum atomic E-state index is 14.0. The number of nitrogens with zero attached hydrogens (tertiary/aromatic N) is 4. The van der Waals surface area contributed by atoms with Crippen molar-refractivity contribution in [2.75, 3.05) is 13.2 Å². The van der Waals surface area contributed by atoms with E-state index in [4.69, 9.17) is 35.5 Å². The number of hydrogen-bond acceptors (Lipinski definition) is 9. The van der Waals surface area contributed by atoms with Gasteiger partial charge in [0, 0.05) is 42.4 Å². The van der Waals surface area contributed by atoms with Crippen LogP contribution < -0.4 is 10.3 Å². The van der Waals surface area contributed by atoms with Crippen LogP contribution in [0.4, 0.5) is 0 Å². The van der Waals surface area contributed by atoms with Gasteiger partial charge in [-0.1, -0.05) is 66.2 Å². The van der Waals surface area contributed by atoms with Gasteiger partial charge in [-0.3, -0.25) is 4.79 Å². The lowest BCUT2D eigenvalue weighted by Gasteiger charge is -2.36. The summed E-state index contributed by atoms with van der Waals surface area (Å²) in [6.45, 7) is 2.93. The zero-order valence-corrected chi connectivity index (χ0v) is 34.3. The van der Waals surface area contributed by atoms with Crippen molar-refractivity contribution in [3.63, 3.8) is 0 Å². The second-order valence-corrected chi connectivity index (χ2v) is 17.4. The van der Waals surface area contributed by atoms with Gasteiger partial charge in [0.2, 0.25) is 5.28 Å². The fourth-order valence-corrected chi connectivity index (χ4v) is 9.23. The maximum absolute atomic E-state index is 14.0. The van der Waals surface area contributed by atoms with Gasteiger partial charge in [-0.2, -0.15) is 0 Å². The summed E-state index contributed by atoms with van der Waals surface area (Å²) in [6, 6.07) is 31.7. The van der Waals surface area contributed by atoms with Gasteiger partial charge in [0.05, 0.1) is 28.8 Å². The Bertz CT molecular complexity index is 2840. The van der Waals surface area contributed by atoms with E-state index in [0.717, 1.165) is 52.8 Å². The minimum absolute atomic E-state index is 0.0392. The summed E-state index contributed by atoms with van der Waals surface area (Å²) >= 11 is 6.78. The topological polar surface area (TPSA) is 124 Å². The highest BCUT2D eigenvalue weighted by atomic mass is 35.5. The molecule has 0 amide bonds. The quantitative estimate of drug-likeness (QED) is 0.105. The van der Waals surface area contributed by atoms with Crippen LogP contribution in [0.2, 0.25) is 5.28 Å². The second-order valence-electron chi connectivity index (χ2n) is 15.3. The highest BCUT2D eigenvalue weighted by Crippen LogP contribution is 2.45. The molecule has 2 atom stereocenters. The molecule has 9 rings (SSSR count). The molecule has 302 valence electrons. The fourth-order valence-electron chi connectivity index (χ4n) is 7.71. The van der Waals surface area contributed by atoms with Gasteiger partial charge in [-0.25, -0.2) is 22.4 Å². The van der Waals surface area contributed by atoms with Crippen LogP contribution >= 0.6 is 11.6 Å². The molecule has 1 saturated heterocycles. The number of pyridine rings is 1. The average Bonchev–Trinajstić information content (AvgIpc) is 3.96. The predicted molar refractivity (Wildman–Crippen MR) is 226 cm³/mol. The van der Waals surface area contributed by atoms with Crippen LogP contribution in [0.3, 0.4) is 0 Å². The molecule has 7 aromatic rings. The molecule has 59 heavy (non-hydrogen) atoms. The number of halogens is 1. The Hall–Kier alpha value is -5.37. The third-order valence-corrected chi connectivity index (χ3v) is 12.8. The minimum Gasteiger partial charge on any atom is -0.489 e. The van der Waals surface area contributed by atoms with Crippen molar-refractivity contribution in [3.8, 4) is 16.9 Å². The van der Waals surface area contributed by atoms with Gasteiger partial charge < -0.3 is 23.5 Å². The number of aryl methyl sites for hydroxylation is 2. The van der Waals surface area contributed by atoms with Gasteiger partial charge in [0.25, 0.3) is 15.6 Å². The van der Waals surface area contributed by atoms with E-state index in [1.165, 1.54) is 10.8 Å². The van der Waals surface area contributed by atoms with Crippen molar-refractivity contribution in [3.05, 3.63) is 154 Å². The monoisotopic (exact) mass is 830 g/mol. The molecule has 0 radical (unpaired) electrons. The van der Waals surface area contributed by atoms with Gasteiger partial charge in [-0.05, 0) is 110 Å².